The van der Waals surface area contributed by atoms with Crippen LogP contribution in [0.5, 0.6) is 0 Å². The molecule has 1 aromatic heterocycles. The molecule has 0 aliphatic heterocycles. The van der Waals surface area contributed by atoms with Gasteiger partial charge in [-0.2, -0.15) is 0 Å². The number of pyridine rings is 1. The highest BCUT2D eigenvalue weighted by Crippen LogP contribution is 2.21. The molecule has 0 bridgehead atoms. The zero-order valence-corrected chi connectivity index (χ0v) is 11.5. The lowest BCUT2D eigenvalue weighted by atomic mass is 9.93. The fourth-order valence-electron chi connectivity index (χ4n) is 2.70. The van der Waals surface area contributed by atoms with E-state index in [4.69, 9.17) is 4.74 Å². The molecule has 0 amide bonds. The van der Waals surface area contributed by atoms with Gasteiger partial charge >= 0.3 is 0 Å². The Hall–Kier alpha value is -0.930. The zero-order valence-electron chi connectivity index (χ0n) is 11.5. The Bertz CT molecular complexity index is 359. The number of aryl methyl sites for hydroxylation is 1. The number of hydrogen-bond donors (Lipinski definition) is 1. The molecule has 0 saturated heterocycles. The van der Waals surface area contributed by atoms with Crippen LogP contribution >= 0.6 is 0 Å². The van der Waals surface area contributed by atoms with Gasteiger partial charge in [0.05, 0.1) is 11.8 Å². The van der Waals surface area contributed by atoms with Gasteiger partial charge < -0.3 is 10.1 Å². The van der Waals surface area contributed by atoms with Gasteiger partial charge in [0.2, 0.25) is 0 Å². The number of nitrogens with one attached hydrogen (secondary N) is 1. The predicted octanol–water partition coefficient (Wildman–Crippen LogP) is 2.69. The molecule has 1 fully saturated rings. The van der Waals surface area contributed by atoms with Crippen LogP contribution < -0.4 is 5.32 Å². The summed E-state index contributed by atoms with van der Waals surface area (Å²) in [7, 11) is 1.82. The molecule has 3 heteroatoms. The fourth-order valence-corrected chi connectivity index (χ4v) is 2.70. The lowest BCUT2D eigenvalue weighted by Crippen LogP contribution is -2.35. The van der Waals surface area contributed by atoms with Crippen molar-refractivity contribution in [3.8, 4) is 0 Å². The summed E-state index contributed by atoms with van der Waals surface area (Å²) in [6.07, 6.45) is 8.21. The van der Waals surface area contributed by atoms with Crippen molar-refractivity contribution >= 4 is 0 Å². The maximum absolute atomic E-state index is 5.40. The molecule has 1 aromatic rings. The Morgan fingerprint density at radius 3 is 2.78 bits per heavy atom. The maximum Gasteiger partial charge on any atom is 0.0573 e. The molecule has 0 aromatic carbocycles. The molecular formula is C15H24N2O. The van der Waals surface area contributed by atoms with E-state index in [-0.39, 0.29) is 0 Å². The summed E-state index contributed by atoms with van der Waals surface area (Å²) in [6, 6.07) is 4.82. The van der Waals surface area contributed by atoms with Crippen LogP contribution in [0.15, 0.2) is 18.3 Å². The number of rotatable bonds is 5. The highest BCUT2D eigenvalue weighted by molar-refractivity contribution is 5.19. The Labute approximate surface area is 110 Å². The fraction of sp³-hybridized carbons (Fsp3) is 0.667. The van der Waals surface area contributed by atoms with Gasteiger partial charge in [0.15, 0.2) is 0 Å². The molecular weight excluding hydrogens is 224 g/mol. The first-order chi connectivity index (χ1) is 8.83. The third kappa shape index (κ3) is 3.53. The van der Waals surface area contributed by atoms with Crippen LogP contribution in [-0.2, 0) is 17.7 Å². The van der Waals surface area contributed by atoms with Crippen LogP contribution in [0.2, 0.25) is 0 Å². The summed E-state index contributed by atoms with van der Waals surface area (Å²) in [5, 5.41) is 3.64. The minimum absolute atomic E-state index is 0.476. The van der Waals surface area contributed by atoms with Gasteiger partial charge in [-0.05, 0) is 43.7 Å². The van der Waals surface area contributed by atoms with E-state index in [9.17, 15) is 0 Å². The van der Waals surface area contributed by atoms with E-state index in [0.29, 0.717) is 12.1 Å². The Kier molecular flexibility index (Phi) is 5.14. The second-order valence-electron chi connectivity index (χ2n) is 5.05. The van der Waals surface area contributed by atoms with Crippen LogP contribution in [0.1, 0.15) is 43.9 Å². The van der Waals surface area contributed by atoms with E-state index in [2.05, 4.69) is 23.3 Å². The second kappa shape index (κ2) is 6.86. The van der Waals surface area contributed by atoms with Crippen LogP contribution in [0.25, 0.3) is 0 Å². The van der Waals surface area contributed by atoms with Crippen molar-refractivity contribution in [2.24, 2.45) is 0 Å². The molecule has 0 spiro atoms. The molecule has 2 rings (SSSR count). The minimum atomic E-state index is 0.476. The molecule has 1 aliphatic rings. The average Bonchev–Trinajstić information content (AvgIpc) is 2.46. The molecule has 1 aliphatic carbocycles. The van der Waals surface area contributed by atoms with Crippen LogP contribution in [0, 0.1) is 0 Å². The van der Waals surface area contributed by atoms with Crippen molar-refractivity contribution in [3.05, 3.63) is 29.6 Å². The molecule has 0 unspecified atom stereocenters. The largest absolute Gasteiger partial charge is 0.381 e. The van der Waals surface area contributed by atoms with Gasteiger partial charge in [0, 0.05) is 25.9 Å². The summed E-state index contributed by atoms with van der Waals surface area (Å²) in [4.78, 5) is 4.48. The first-order valence-electron chi connectivity index (χ1n) is 7.02. The van der Waals surface area contributed by atoms with Crippen molar-refractivity contribution in [1.29, 1.82) is 0 Å². The maximum atomic E-state index is 5.40. The standard InChI is InChI=1S/C15H24N2O/c1-3-12-5-4-10-16-15(12)11-17-13-6-8-14(18-2)9-7-13/h4-5,10,13-14,17H,3,6-9,11H2,1-2H3. The van der Waals surface area contributed by atoms with Crippen LogP contribution in [-0.4, -0.2) is 24.2 Å². The molecule has 18 heavy (non-hydrogen) atoms. The smallest absolute Gasteiger partial charge is 0.0573 e. The summed E-state index contributed by atoms with van der Waals surface area (Å²) >= 11 is 0. The molecule has 1 N–H and O–H groups in total. The first-order valence-corrected chi connectivity index (χ1v) is 7.02. The summed E-state index contributed by atoms with van der Waals surface area (Å²) in [6.45, 7) is 3.08. The molecule has 1 saturated carbocycles. The minimum Gasteiger partial charge on any atom is -0.381 e. The van der Waals surface area contributed by atoms with Gasteiger partial charge in [0.25, 0.3) is 0 Å². The average molecular weight is 248 g/mol. The normalized spacial score (nSPS) is 24.1. The van der Waals surface area contributed by atoms with Crippen molar-refractivity contribution in [2.45, 2.75) is 57.7 Å². The quantitative estimate of drug-likeness (QED) is 0.870. The second-order valence-corrected chi connectivity index (χ2v) is 5.05. The van der Waals surface area contributed by atoms with Gasteiger partial charge in [-0.3, -0.25) is 4.98 Å². The third-order valence-corrected chi connectivity index (χ3v) is 3.93. The van der Waals surface area contributed by atoms with Gasteiger partial charge in [-0.25, -0.2) is 0 Å². The lowest BCUT2D eigenvalue weighted by molar-refractivity contribution is 0.0623. The number of aromatic nitrogens is 1. The monoisotopic (exact) mass is 248 g/mol. The van der Waals surface area contributed by atoms with E-state index in [1.807, 2.05) is 19.4 Å². The summed E-state index contributed by atoms with van der Waals surface area (Å²) < 4.78 is 5.40. The number of ether oxygens (including phenoxy) is 1. The molecule has 3 nitrogen and oxygen atoms in total. The van der Waals surface area contributed by atoms with Crippen molar-refractivity contribution in [1.82, 2.24) is 10.3 Å². The molecule has 0 atom stereocenters. The van der Waals surface area contributed by atoms with Crippen molar-refractivity contribution in [2.75, 3.05) is 7.11 Å². The van der Waals surface area contributed by atoms with E-state index in [0.717, 1.165) is 13.0 Å². The molecule has 1 heterocycles. The molecule has 100 valence electrons. The topological polar surface area (TPSA) is 34.2 Å². The Morgan fingerprint density at radius 1 is 1.33 bits per heavy atom. The Balaban J connectivity index is 1.81. The third-order valence-electron chi connectivity index (χ3n) is 3.93. The number of methoxy groups -OCH3 is 1. The van der Waals surface area contributed by atoms with E-state index < -0.39 is 0 Å². The predicted molar refractivity (Wildman–Crippen MR) is 73.5 cm³/mol. The number of nitrogens with zero attached hydrogens (tertiary/aromatic N) is 1. The van der Waals surface area contributed by atoms with Crippen LogP contribution in [0.4, 0.5) is 0 Å². The highest BCUT2D eigenvalue weighted by atomic mass is 16.5. The van der Waals surface area contributed by atoms with Gasteiger partial charge in [-0.1, -0.05) is 13.0 Å². The van der Waals surface area contributed by atoms with E-state index >= 15 is 0 Å². The summed E-state index contributed by atoms with van der Waals surface area (Å²) in [5.74, 6) is 0. The van der Waals surface area contributed by atoms with Gasteiger partial charge in [0.1, 0.15) is 0 Å². The first kappa shape index (κ1) is 13.5. The molecule has 0 radical (unpaired) electrons. The summed E-state index contributed by atoms with van der Waals surface area (Å²) in [5.41, 5.74) is 2.56. The van der Waals surface area contributed by atoms with Crippen molar-refractivity contribution < 1.29 is 4.74 Å². The number of hydrogen-bond acceptors (Lipinski definition) is 3. The Morgan fingerprint density at radius 2 is 2.11 bits per heavy atom. The zero-order chi connectivity index (χ0) is 12.8. The lowest BCUT2D eigenvalue weighted by Gasteiger charge is -2.28. The highest BCUT2D eigenvalue weighted by Gasteiger charge is 2.20. The van der Waals surface area contributed by atoms with E-state index in [1.165, 1.54) is 36.9 Å². The van der Waals surface area contributed by atoms with E-state index in [1.54, 1.807) is 0 Å². The van der Waals surface area contributed by atoms with Crippen molar-refractivity contribution in [3.63, 3.8) is 0 Å². The van der Waals surface area contributed by atoms with Crippen LogP contribution in [0.3, 0.4) is 0 Å². The van der Waals surface area contributed by atoms with Gasteiger partial charge in [-0.15, -0.1) is 0 Å². The SMILES string of the molecule is CCc1cccnc1CNC1CCC(OC)CC1.